The molecule has 1 aromatic heterocycles. The fraction of sp³-hybridized carbons (Fsp3) is 0.167. The van der Waals surface area contributed by atoms with Gasteiger partial charge in [0, 0.05) is 5.69 Å². The molecule has 2 aromatic rings. The van der Waals surface area contributed by atoms with Crippen LogP contribution in [0.25, 0.3) is 0 Å². The van der Waals surface area contributed by atoms with Crippen LogP contribution in [0.1, 0.15) is 21.6 Å². The highest BCUT2D eigenvalue weighted by molar-refractivity contribution is 5.75. The molecule has 3 nitrogen and oxygen atoms in total. The molecule has 0 atom stereocenters. The monoisotopic (exact) mass is 218 g/mol. The van der Waals surface area contributed by atoms with Gasteiger partial charge in [-0.2, -0.15) is 5.10 Å². The van der Waals surface area contributed by atoms with Crippen LogP contribution in [0.15, 0.2) is 30.5 Å². The van der Waals surface area contributed by atoms with E-state index in [1.807, 2.05) is 0 Å². The average Bonchev–Trinajstić information content (AvgIpc) is 2.76. The Labute approximate surface area is 92.3 Å². The molecule has 0 aliphatic heterocycles. The number of carbonyl (C=O) groups excluding carboxylic acids is 1. The number of nitrogens with zero attached hydrogens (tertiary/aromatic N) is 1. The predicted molar refractivity (Wildman–Crippen MR) is 57.8 cm³/mol. The molecule has 0 radical (unpaired) electrons. The maximum atomic E-state index is 12.7. The van der Waals surface area contributed by atoms with Gasteiger partial charge in [0.05, 0.1) is 11.8 Å². The Morgan fingerprint density at radius 3 is 2.69 bits per heavy atom. The highest BCUT2D eigenvalue weighted by Gasteiger charge is 2.04. The fourth-order valence-corrected chi connectivity index (χ4v) is 1.54. The summed E-state index contributed by atoms with van der Waals surface area (Å²) >= 11 is 0. The number of nitrogens with one attached hydrogen (secondary N) is 1. The highest BCUT2D eigenvalue weighted by Crippen LogP contribution is 2.09. The molecule has 16 heavy (non-hydrogen) atoms. The Bertz CT molecular complexity index is 476. The van der Waals surface area contributed by atoms with E-state index in [9.17, 15) is 9.18 Å². The number of halogens is 1. The van der Waals surface area contributed by atoms with Crippen molar-refractivity contribution in [3.63, 3.8) is 0 Å². The molecule has 0 saturated heterocycles. The quantitative estimate of drug-likeness (QED) is 0.799. The number of rotatable bonds is 4. The van der Waals surface area contributed by atoms with E-state index in [0.717, 1.165) is 24.0 Å². The molecule has 1 N–H and O–H groups in total. The first-order chi connectivity index (χ1) is 7.79. The molecule has 2 rings (SSSR count). The summed E-state index contributed by atoms with van der Waals surface area (Å²) < 4.78 is 12.7. The maximum absolute atomic E-state index is 12.7. The highest BCUT2D eigenvalue weighted by atomic mass is 19.1. The Hall–Kier alpha value is -1.97. The first kappa shape index (κ1) is 10.5. The van der Waals surface area contributed by atoms with Gasteiger partial charge >= 0.3 is 0 Å². The standard InChI is InChI=1S/C12H11FN2O/c13-11-4-1-9(2-5-11)3-6-12-10(8-16)7-14-15-12/h1-2,4-5,7-8H,3,6H2,(H,14,15). The largest absolute Gasteiger partial charge is 0.298 e. The number of aromatic nitrogens is 2. The molecular formula is C12H11FN2O. The van der Waals surface area contributed by atoms with Gasteiger partial charge in [-0.25, -0.2) is 4.39 Å². The summed E-state index contributed by atoms with van der Waals surface area (Å²) in [6.45, 7) is 0. The van der Waals surface area contributed by atoms with Crippen LogP contribution in [0.3, 0.4) is 0 Å². The number of aromatic amines is 1. The van der Waals surface area contributed by atoms with Crippen molar-refractivity contribution in [3.05, 3.63) is 53.1 Å². The molecular weight excluding hydrogens is 207 g/mol. The minimum absolute atomic E-state index is 0.237. The van der Waals surface area contributed by atoms with E-state index in [2.05, 4.69) is 10.2 Å². The predicted octanol–water partition coefficient (Wildman–Crippen LogP) is 2.15. The second-order valence-electron chi connectivity index (χ2n) is 3.55. The number of hydrogen-bond acceptors (Lipinski definition) is 2. The van der Waals surface area contributed by atoms with E-state index in [1.54, 1.807) is 12.1 Å². The van der Waals surface area contributed by atoms with Gasteiger partial charge in [-0.15, -0.1) is 0 Å². The first-order valence-corrected chi connectivity index (χ1v) is 5.01. The van der Waals surface area contributed by atoms with Crippen LogP contribution in [0.2, 0.25) is 0 Å². The molecule has 0 unspecified atom stereocenters. The van der Waals surface area contributed by atoms with Crippen LogP contribution >= 0.6 is 0 Å². The van der Waals surface area contributed by atoms with Gasteiger partial charge in [-0.3, -0.25) is 9.89 Å². The number of benzene rings is 1. The number of carbonyl (C=O) groups is 1. The van der Waals surface area contributed by atoms with E-state index >= 15 is 0 Å². The first-order valence-electron chi connectivity index (χ1n) is 5.01. The summed E-state index contributed by atoms with van der Waals surface area (Å²) in [5.74, 6) is -0.237. The molecule has 0 spiro atoms. The van der Waals surface area contributed by atoms with Gasteiger partial charge in [-0.1, -0.05) is 12.1 Å². The number of aryl methyl sites for hydroxylation is 2. The normalized spacial score (nSPS) is 10.3. The van der Waals surface area contributed by atoms with E-state index < -0.39 is 0 Å². The van der Waals surface area contributed by atoms with Crippen molar-refractivity contribution in [2.24, 2.45) is 0 Å². The van der Waals surface area contributed by atoms with Gasteiger partial charge in [0.15, 0.2) is 6.29 Å². The van der Waals surface area contributed by atoms with E-state index in [0.29, 0.717) is 12.0 Å². The van der Waals surface area contributed by atoms with Crippen LogP contribution in [-0.4, -0.2) is 16.5 Å². The smallest absolute Gasteiger partial charge is 0.153 e. The molecule has 0 bridgehead atoms. The molecule has 0 saturated carbocycles. The Balaban J connectivity index is 2.02. The molecule has 82 valence electrons. The maximum Gasteiger partial charge on any atom is 0.153 e. The zero-order valence-electron chi connectivity index (χ0n) is 8.61. The average molecular weight is 218 g/mol. The van der Waals surface area contributed by atoms with Crippen LogP contribution < -0.4 is 0 Å². The van der Waals surface area contributed by atoms with E-state index in [4.69, 9.17) is 0 Å². The summed E-state index contributed by atoms with van der Waals surface area (Å²) in [6.07, 6.45) is 3.74. The van der Waals surface area contributed by atoms with Crippen molar-refractivity contribution < 1.29 is 9.18 Å². The summed E-state index contributed by atoms with van der Waals surface area (Å²) in [6, 6.07) is 6.35. The summed E-state index contributed by atoms with van der Waals surface area (Å²) in [5.41, 5.74) is 2.44. The van der Waals surface area contributed by atoms with Crippen molar-refractivity contribution in [1.82, 2.24) is 10.2 Å². The lowest BCUT2D eigenvalue weighted by Crippen LogP contribution is -1.95. The third-order valence-corrected chi connectivity index (χ3v) is 2.46. The van der Waals surface area contributed by atoms with Gasteiger partial charge in [0.1, 0.15) is 5.82 Å². The van der Waals surface area contributed by atoms with Gasteiger partial charge in [-0.05, 0) is 30.5 Å². The lowest BCUT2D eigenvalue weighted by molar-refractivity contribution is 0.112. The summed E-state index contributed by atoms with van der Waals surface area (Å²) in [7, 11) is 0. The number of H-pyrrole nitrogens is 1. The summed E-state index contributed by atoms with van der Waals surface area (Å²) in [5, 5.41) is 6.59. The Morgan fingerprint density at radius 2 is 2.00 bits per heavy atom. The van der Waals surface area contributed by atoms with Gasteiger partial charge in [0.25, 0.3) is 0 Å². The third kappa shape index (κ3) is 2.34. The molecule has 0 aliphatic carbocycles. The van der Waals surface area contributed by atoms with E-state index in [-0.39, 0.29) is 5.82 Å². The molecule has 1 aromatic carbocycles. The zero-order valence-corrected chi connectivity index (χ0v) is 8.61. The number of hydrogen-bond donors (Lipinski definition) is 1. The van der Waals surface area contributed by atoms with E-state index in [1.165, 1.54) is 18.3 Å². The topological polar surface area (TPSA) is 45.8 Å². The van der Waals surface area contributed by atoms with Gasteiger partial charge < -0.3 is 0 Å². The van der Waals surface area contributed by atoms with Gasteiger partial charge in [0.2, 0.25) is 0 Å². The fourth-order valence-electron chi connectivity index (χ4n) is 1.54. The SMILES string of the molecule is O=Cc1cn[nH]c1CCc1ccc(F)cc1. The Morgan fingerprint density at radius 1 is 1.25 bits per heavy atom. The molecule has 4 heteroatoms. The zero-order chi connectivity index (χ0) is 11.4. The van der Waals surface area contributed by atoms with Crippen molar-refractivity contribution in [3.8, 4) is 0 Å². The van der Waals surface area contributed by atoms with Crippen LogP contribution in [0.4, 0.5) is 4.39 Å². The summed E-state index contributed by atoms with van der Waals surface area (Å²) in [4.78, 5) is 10.6. The third-order valence-electron chi connectivity index (χ3n) is 2.46. The van der Waals surface area contributed by atoms with Crippen molar-refractivity contribution in [2.45, 2.75) is 12.8 Å². The van der Waals surface area contributed by atoms with Crippen molar-refractivity contribution in [2.75, 3.05) is 0 Å². The second-order valence-corrected chi connectivity index (χ2v) is 3.55. The van der Waals surface area contributed by atoms with Crippen molar-refractivity contribution in [1.29, 1.82) is 0 Å². The van der Waals surface area contributed by atoms with Crippen LogP contribution in [0.5, 0.6) is 0 Å². The molecule has 0 amide bonds. The molecule has 1 heterocycles. The van der Waals surface area contributed by atoms with Crippen molar-refractivity contribution >= 4 is 6.29 Å². The lowest BCUT2D eigenvalue weighted by Gasteiger charge is -2.00. The second kappa shape index (κ2) is 4.70. The minimum Gasteiger partial charge on any atom is -0.298 e. The van der Waals surface area contributed by atoms with Crippen LogP contribution in [0, 0.1) is 5.82 Å². The minimum atomic E-state index is -0.237. The molecule has 0 aliphatic rings. The number of aldehydes is 1. The lowest BCUT2D eigenvalue weighted by atomic mass is 10.1. The molecule has 0 fully saturated rings. The van der Waals surface area contributed by atoms with Crippen LogP contribution in [-0.2, 0) is 12.8 Å². The Kier molecular flexibility index (Phi) is 3.10.